The van der Waals surface area contributed by atoms with Crippen LogP contribution in [0.1, 0.15) is 18.5 Å². The van der Waals surface area contributed by atoms with Gasteiger partial charge < -0.3 is 10.1 Å². The molecule has 0 saturated heterocycles. The summed E-state index contributed by atoms with van der Waals surface area (Å²) in [7, 11) is 0.944. The van der Waals surface area contributed by atoms with Gasteiger partial charge in [0.2, 0.25) is 0 Å². The van der Waals surface area contributed by atoms with E-state index in [1.807, 2.05) is 18.2 Å². The van der Waals surface area contributed by atoms with Crippen molar-refractivity contribution in [3.05, 3.63) is 54.1 Å². The first kappa shape index (κ1) is 16.7. The molecule has 0 amide bonds. The molecule has 2 atom stereocenters. The number of rotatable bonds is 7. The van der Waals surface area contributed by atoms with E-state index in [2.05, 4.69) is 42.6 Å². The number of hydrogen-bond donors (Lipinski definition) is 1. The highest BCUT2D eigenvalue weighted by Crippen LogP contribution is 2.30. The van der Waals surface area contributed by atoms with Gasteiger partial charge in [0, 0.05) is 41.0 Å². The average Bonchev–Trinajstić information content (AvgIpc) is 2.54. The maximum Gasteiger partial charge on any atom is 0.126 e. The Labute approximate surface area is 135 Å². The van der Waals surface area contributed by atoms with Gasteiger partial charge in [-0.2, -0.15) is 0 Å². The Balaban J connectivity index is 2.08. The minimum Gasteiger partial charge on any atom is -0.496 e. The van der Waals surface area contributed by atoms with Crippen LogP contribution in [0.2, 0.25) is 0 Å². The van der Waals surface area contributed by atoms with E-state index >= 15 is 0 Å². The van der Waals surface area contributed by atoms with E-state index in [-0.39, 0.29) is 6.04 Å². The molecule has 0 aliphatic rings. The summed E-state index contributed by atoms with van der Waals surface area (Å²) >= 11 is 0. The van der Waals surface area contributed by atoms with Crippen LogP contribution in [0, 0.1) is 0 Å². The number of hydrogen-bond acceptors (Lipinski definition) is 3. The van der Waals surface area contributed by atoms with Gasteiger partial charge in [-0.25, -0.2) is 0 Å². The molecular weight excluding hydrogens is 294 g/mol. The third-order valence-corrected chi connectivity index (χ3v) is 4.45. The fraction of sp³-hybridized carbons (Fsp3) is 0.333. The highest BCUT2D eigenvalue weighted by atomic mass is 32.2. The normalized spacial score (nSPS) is 13.6. The molecule has 2 aromatic rings. The Kier molecular flexibility index (Phi) is 6.16. The highest BCUT2D eigenvalue weighted by molar-refractivity contribution is 7.84. The van der Waals surface area contributed by atoms with Gasteiger partial charge in [-0.15, -0.1) is 0 Å². The van der Waals surface area contributed by atoms with Gasteiger partial charge in [-0.1, -0.05) is 42.5 Å². The van der Waals surface area contributed by atoms with Crippen LogP contribution in [0.4, 0.5) is 0 Å². The van der Waals surface area contributed by atoms with E-state index in [1.165, 1.54) is 5.56 Å². The standard InChI is InChI=1S/C18H23NO2S/c1-14(19-12-13-22(3)20)15-8-10-16(11-9-15)17-6-4-5-7-18(17)21-2/h4-11,14,19H,12-13H2,1-3H3. The number of methoxy groups -OCH3 is 1. The van der Waals surface area contributed by atoms with Crippen LogP contribution in [0.3, 0.4) is 0 Å². The molecule has 0 heterocycles. The van der Waals surface area contributed by atoms with Crippen molar-refractivity contribution in [2.24, 2.45) is 0 Å². The Morgan fingerprint density at radius 2 is 1.82 bits per heavy atom. The molecule has 2 rings (SSSR count). The van der Waals surface area contributed by atoms with E-state index in [0.717, 1.165) is 23.4 Å². The van der Waals surface area contributed by atoms with Crippen molar-refractivity contribution in [3.63, 3.8) is 0 Å². The molecule has 22 heavy (non-hydrogen) atoms. The lowest BCUT2D eigenvalue weighted by Crippen LogP contribution is -2.23. The first-order valence-corrected chi connectivity index (χ1v) is 9.11. The lowest BCUT2D eigenvalue weighted by Gasteiger charge is -2.15. The maximum atomic E-state index is 11.1. The van der Waals surface area contributed by atoms with E-state index in [4.69, 9.17) is 4.74 Å². The molecule has 0 saturated carbocycles. The zero-order valence-electron chi connectivity index (χ0n) is 13.3. The summed E-state index contributed by atoms with van der Waals surface area (Å²) in [5, 5.41) is 3.39. The van der Waals surface area contributed by atoms with Crippen molar-refractivity contribution in [3.8, 4) is 16.9 Å². The molecule has 4 heteroatoms. The van der Waals surface area contributed by atoms with Gasteiger partial charge in [0.25, 0.3) is 0 Å². The molecule has 118 valence electrons. The summed E-state index contributed by atoms with van der Waals surface area (Å²) in [5.74, 6) is 1.57. The van der Waals surface area contributed by atoms with Crippen LogP contribution in [-0.2, 0) is 10.8 Å². The molecule has 0 aliphatic carbocycles. The van der Waals surface area contributed by atoms with Gasteiger partial charge >= 0.3 is 0 Å². The molecular formula is C18H23NO2S. The smallest absolute Gasteiger partial charge is 0.126 e. The third-order valence-electron chi connectivity index (χ3n) is 3.67. The fourth-order valence-electron chi connectivity index (χ4n) is 2.37. The molecule has 0 spiro atoms. The van der Waals surface area contributed by atoms with Gasteiger partial charge in [-0.05, 0) is 24.1 Å². The zero-order chi connectivity index (χ0) is 15.9. The van der Waals surface area contributed by atoms with E-state index in [9.17, 15) is 4.21 Å². The second kappa shape index (κ2) is 8.11. The molecule has 0 aromatic heterocycles. The Morgan fingerprint density at radius 1 is 1.14 bits per heavy atom. The van der Waals surface area contributed by atoms with Gasteiger partial charge in [-0.3, -0.25) is 4.21 Å². The lowest BCUT2D eigenvalue weighted by atomic mass is 10.0. The summed E-state index contributed by atoms with van der Waals surface area (Å²) < 4.78 is 16.5. The van der Waals surface area contributed by atoms with Crippen LogP contribution in [0.5, 0.6) is 5.75 Å². The molecule has 3 nitrogen and oxygen atoms in total. The first-order chi connectivity index (χ1) is 10.6. The Hall–Kier alpha value is -1.65. The summed E-state index contributed by atoms with van der Waals surface area (Å²) in [6.07, 6.45) is 1.73. The van der Waals surface area contributed by atoms with Crippen molar-refractivity contribution < 1.29 is 8.95 Å². The van der Waals surface area contributed by atoms with Crippen molar-refractivity contribution >= 4 is 10.8 Å². The predicted molar refractivity (Wildman–Crippen MR) is 93.8 cm³/mol. The summed E-state index contributed by atoms with van der Waals surface area (Å²) in [6.45, 7) is 2.88. The Morgan fingerprint density at radius 3 is 2.45 bits per heavy atom. The summed E-state index contributed by atoms with van der Waals surface area (Å²) in [6, 6.07) is 16.7. The highest BCUT2D eigenvalue weighted by Gasteiger charge is 2.07. The van der Waals surface area contributed by atoms with Crippen molar-refractivity contribution in [2.75, 3.05) is 25.7 Å². The summed E-state index contributed by atoms with van der Waals surface area (Å²) in [4.78, 5) is 0. The SMILES string of the molecule is COc1ccccc1-c1ccc(C(C)NCCS(C)=O)cc1. The van der Waals surface area contributed by atoms with Crippen molar-refractivity contribution in [2.45, 2.75) is 13.0 Å². The van der Waals surface area contributed by atoms with Crippen LogP contribution in [-0.4, -0.2) is 29.9 Å². The largest absolute Gasteiger partial charge is 0.496 e. The number of benzene rings is 2. The second-order valence-electron chi connectivity index (χ2n) is 5.28. The second-order valence-corrected chi connectivity index (χ2v) is 6.83. The van der Waals surface area contributed by atoms with Gasteiger partial charge in [0.1, 0.15) is 5.75 Å². The number of nitrogens with one attached hydrogen (secondary N) is 1. The lowest BCUT2D eigenvalue weighted by molar-refractivity contribution is 0.416. The molecule has 2 unspecified atom stereocenters. The van der Waals surface area contributed by atoms with E-state index < -0.39 is 10.8 Å². The molecule has 0 radical (unpaired) electrons. The van der Waals surface area contributed by atoms with Crippen LogP contribution in [0.25, 0.3) is 11.1 Å². The molecule has 2 aromatic carbocycles. The van der Waals surface area contributed by atoms with Crippen LogP contribution < -0.4 is 10.1 Å². The third kappa shape index (κ3) is 4.42. The Bertz CT molecular complexity index is 625. The molecule has 0 bridgehead atoms. The van der Waals surface area contributed by atoms with E-state index in [1.54, 1.807) is 13.4 Å². The van der Waals surface area contributed by atoms with E-state index in [0.29, 0.717) is 5.75 Å². The predicted octanol–water partition coefficient (Wildman–Crippen LogP) is 3.39. The first-order valence-electron chi connectivity index (χ1n) is 7.38. The maximum absolute atomic E-state index is 11.1. The minimum absolute atomic E-state index is 0.246. The van der Waals surface area contributed by atoms with Crippen LogP contribution in [0.15, 0.2) is 48.5 Å². The number of para-hydroxylation sites is 1. The fourth-order valence-corrected chi connectivity index (χ4v) is 2.78. The zero-order valence-corrected chi connectivity index (χ0v) is 14.2. The topological polar surface area (TPSA) is 38.3 Å². The summed E-state index contributed by atoms with van der Waals surface area (Å²) in [5.41, 5.74) is 3.46. The van der Waals surface area contributed by atoms with Crippen molar-refractivity contribution in [1.82, 2.24) is 5.32 Å². The average molecular weight is 317 g/mol. The quantitative estimate of drug-likeness (QED) is 0.850. The molecule has 0 aliphatic heterocycles. The number of ether oxygens (including phenoxy) is 1. The molecule has 0 fully saturated rings. The van der Waals surface area contributed by atoms with Gasteiger partial charge in [0.15, 0.2) is 0 Å². The minimum atomic E-state index is -0.747. The molecule has 1 N–H and O–H groups in total. The monoisotopic (exact) mass is 317 g/mol. The van der Waals surface area contributed by atoms with Gasteiger partial charge in [0.05, 0.1) is 7.11 Å². The van der Waals surface area contributed by atoms with Crippen LogP contribution >= 0.6 is 0 Å². The van der Waals surface area contributed by atoms with Crippen molar-refractivity contribution in [1.29, 1.82) is 0 Å².